The molecule has 0 heterocycles. The van der Waals surface area contributed by atoms with E-state index in [0.717, 1.165) is 5.92 Å². The van der Waals surface area contributed by atoms with Crippen LogP contribution in [-0.2, 0) is 0 Å². The summed E-state index contributed by atoms with van der Waals surface area (Å²) in [5.41, 5.74) is 0. The molecule has 0 saturated heterocycles. The predicted octanol–water partition coefficient (Wildman–Crippen LogP) is 4.56. The molecule has 0 aliphatic carbocycles. The van der Waals surface area contributed by atoms with Crippen LogP contribution in [0, 0.1) is 5.92 Å². The molecular weight excluding hydrogens is 144 g/mol. The fourth-order valence-electron chi connectivity index (χ4n) is 1.50. The lowest BCUT2D eigenvalue weighted by atomic mass is 9.98. The third kappa shape index (κ3) is 6.45. The summed E-state index contributed by atoms with van der Waals surface area (Å²) in [5, 5.41) is 0. The lowest BCUT2D eigenvalue weighted by Crippen LogP contribution is -1.93. The molecule has 0 aromatic heterocycles. The Balaban J connectivity index is 3.12. The highest BCUT2D eigenvalue weighted by Gasteiger charge is 1.99. The van der Waals surface area contributed by atoms with Crippen molar-refractivity contribution in [2.75, 3.05) is 0 Å². The minimum atomic E-state index is 0.770. The van der Waals surface area contributed by atoms with E-state index in [1.54, 1.807) is 0 Å². The summed E-state index contributed by atoms with van der Waals surface area (Å²) < 4.78 is 0. The van der Waals surface area contributed by atoms with Gasteiger partial charge in [-0.25, -0.2) is 0 Å². The van der Waals surface area contributed by atoms with Crippen molar-refractivity contribution < 1.29 is 0 Å². The van der Waals surface area contributed by atoms with E-state index in [9.17, 15) is 0 Å². The quantitative estimate of drug-likeness (QED) is 0.368. The first-order valence-corrected chi connectivity index (χ1v) is 5.47. The van der Waals surface area contributed by atoms with Gasteiger partial charge in [-0.3, -0.25) is 0 Å². The molecule has 0 heteroatoms. The molecule has 0 fully saturated rings. The Hall–Kier alpha value is -0.260. The monoisotopic (exact) mass is 168 g/mol. The fourth-order valence-corrected chi connectivity index (χ4v) is 1.50. The third-order valence-corrected chi connectivity index (χ3v) is 2.54. The van der Waals surface area contributed by atoms with Crippen molar-refractivity contribution in [2.45, 2.75) is 58.8 Å². The Morgan fingerprint density at radius 3 is 2.25 bits per heavy atom. The zero-order valence-electron chi connectivity index (χ0n) is 8.81. The molecule has 0 aromatic carbocycles. The molecule has 72 valence electrons. The van der Waals surface area contributed by atoms with Gasteiger partial charge in [-0.05, 0) is 18.8 Å². The first kappa shape index (κ1) is 11.7. The van der Waals surface area contributed by atoms with Gasteiger partial charge in [-0.15, -0.1) is 6.58 Å². The molecule has 0 aliphatic heterocycles. The van der Waals surface area contributed by atoms with Crippen LogP contribution in [0.4, 0.5) is 0 Å². The van der Waals surface area contributed by atoms with E-state index >= 15 is 0 Å². The second kappa shape index (κ2) is 8.83. The second-order valence-corrected chi connectivity index (χ2v) is 3.61. The van der Waals surface area contributed by atoms with Gasteiger partial charge in [-0.2, -0.15) is 0 Å². The van der Waals surface area contributed by atoms with Crippen LogP contribution in [0.1, 0.15) is 58.8 Å². The summed E-state index contributed by atoms with van der Waals surface area (Å²) in [6.07, 6.45) is 11.7. The van der Waals surface area contributed by atoms with Gasteiger partial charge in [0.25, 0.3) is 0 Å². The van der Waals surface area contributed by atoms with Gasteiger partial charge in [0.2, 0.25) is 0 Å². The Labute approximate surface area is 78.1 Å². The van der Waals surface area contributed by atoms with Crippen molar-refractivity contribution in [3.8, 4) is 0 Å². The summed E-state index contributed by atoms with van der Waals surface area (Å²) in [6.45, 7) is 8.36. The minimum Gasteiger partial charge on any atom is -0.103 e. The Kier molecular flexibility index (Phi) is 8.64. The van der Waals surface area contributed by atoms with Crippen LogP contribution in [0.2, 0.25) is 0 Å². The SMILES string of the molecule is C=C[C@@H](CC)CCCCCCC. The van der Waals surface area contributed by atoms with E-state index in [0.29, 0.717) is 0 Å². The smallest absolute Gasteiger partial charge is 0.0239 e. The van der Waals surface area contributed by atoms with Crippen molar-refractivity contribution in [2.24, 2.45) is 5.92 Å². The van der Waals surface area contributed by atoms with Gasteiger partial charge in [0.15, 0.2) is 0 Å². The van der Waals surface area contributed by atoms with Crippen LogP contribution in [0.5, 0.6) is 0 Å². The van der Waals surface area contributed by atoms with Gasteiger partial charge < -0.3 is 0 Å². The molecule has 12 heavy (non-hydrogen) atoms. The summed E-state index contributed by atoms with van der Waals surface area (Å²) in [6, 6.07) is 0. The molecule has 0 aromatic rings. The predicted molar refractivity (Wildman–Crippen MR) is 57.4 cm³/mol. The third-order valence-electron chi connectivity index (χ3n) is 2.54. The number of unbranched alkanes of at least 4 members (excludes halogenated alkanes) is 4. The summed E-state index contributed by atoms with van der Waals surface area (Å²) in [5.74, 6) is 0.770. The Bertz CT molecular complexity index is 94.2. The van der Waals surface area contributed by atoms with E-state index in [1.807, 2.05) is 0 Å². The summed E-state index contributed by atoms with van der Waals surface area (Å²) in [4.78, 5) is 0. The minimum absolute atomic E-state index is 0.770. The van der Waals surface area contributed by atoms with Crippen LogP contribution in [0.25, 0.3) is 0 Å². The molecule has 0 saturated carbocycles. The van der Waals surface area contributed by atoms with Crippen LogP contribution in [0.15, 0.2) is 12.7 Å². The van der Waals surface area contributed by atoms with Crippen LogP contribution >= 0.6 is 0 Å². The van der Waals surface area contributed by atoms with Crippen molar-refractivity contribution >= 4 is 0 Å². The molecule has 0 nitrogen and oxygen atoms in total. The van der Waals surface area contributed by atoms with Crippen molar-refractivity contribution in [1.82, 2.24) is 0 Å². The highest BCUT2D eigenvalue weighted by molar-refractivity contribution is 4.77. The Morgan fingerprint density at radius 2 is 1.75 bits per heavy atom. The van der Waals surface area contributed by atoms with E-state index in [2.05, 4.69) is 26.5 Å². The highest BCUT2D eigenvalue weighted by Crippen LogP contribution is 2.14. The first-order chi connectivity index (χ1) is 5.85. The van der Waals surface area contributed by atoms with E-state index in [4.69, 9.17) is 0 Å². The van der Waals surface area contributed by atoms with Crippen molar-refractivity contribution in [1.29, 1.82) is 0 Å². The van der Waals surface area contributed by atoms with Gasteiger partial charge >= 0.3 is 0 Å². The number of rotatable bonds is 8. The van der Waals surface area contributed by atoms with E-state index in [-0.39, 0.29) is 0 Å². The molecule has 0 radical (unpaired) electrons. The van der Waals surface area contributed by atoms with Gasteiger partial charge in [0, 0.05) is 0 Å². The molecule has 0 bridgehead atoms. The molecule has 0 rings (SSSR count). The number of hydrogen-bond donors (Lipinski definition) is 0. The molecule has 0 N–H and O–H groups in total. The maximum absolute atomic E-state index is 3.85. The van der Waals surface area contributed by atoms with Crippen LogP contribution in [-0.4, -0.2) is 0 Å². The van der Waals surface area contributed by atoms with Gasteiger partial charge in [0.05, 0.1) is 0 Å². The molecule has 0 unspecified atom stereocenters. The topological polar surface area (TPSA) is 0 Å². The maximum Gasteiger partial charge on any atom is -0.0239 e. The highest BCUT2D eigenvalue weighted by atomic mass is 14.0. The fraction of sp³-hybridized carbons (Fsp3) is 0.833. The number of allylic oxidation sites excluding steroid dienone is 1. The average molecular weight is 168 g/mol. The summed E-state index contributed by atoms with van der Waals surface area (Å²) >= 11 is 0. The van der Waals surface area contributed by atoms with Crippen LogP contribution in [0.3, 0.4) is 0 Å². The van der Waals surface area contributed by atoms with Gasteiger partial charge in [-0.1, -0.05) is 52.0 Å². The van der Waals surface area contributed by atoms with Crippen molar-refractivity contribution in [3.05, 3.63) is 12.7 Å². The summed E-state index contributed by atoms with van der Waals surface area (Å²) in [7, 11) is 0. The average Bonchev–Trinajstić information content (AvgIpc) is 2.11. The second-order valence-electron chi connectivity index (χ2n) is 3.61. The molecule has 1 atom stereocenters. The van der Waals surface area contributed by atoms with Crippen LogP contribution < -0.4 is 0 Å². The largest absolute Gasteiger partial charge is 0.103 e. The number of hydrogen-bond acceptors (Lipinski definition) is 0. The lowest BCUT2D eigenvalue weighted by Gasteiger charge is -2.08. The normalized spacial score (nSPS) is 12.8. The zero-order chi connectivity index (χ0) is 9.23. The van der Waals surface area contributed by atoms with E-state index < -0.39 is 0 Å². The molecule has 0 aliphatic rings. The first-order valence-electron chi connectivity index (χ1n) is 5.47. The van der Waals surface area contributed by atoms with Gasteiger partial charge in [0.1, 0.15) is 0 Å². The maximum atomic E-state index is 3.85. The molecular formula is C12H24. The van der Waals surface area contributed by atoms with Crippen molar-refractivity contribution in [3.63, 3.8) is 0 Å². The Morgan fingerprint density at radius 1 is 1.08 bits per heavy atom. The zero-order valence-corrected chi connectivity index (χ0v) is 8.81. The lowest BCUT2D eigenvalue weighted by molar-refractivity contribution is 0.513. The molecule has 0 spiro atoms. The standard InChI is InChI=1S/C12H24/c1-4-7-8-9-10-11-12(5-2)6-3/h5,12H,2,4,6-11H2,1,3H3/t12-/m0/s1. The molecule has 0 amide bonds. The van der Waals surface area contributed by atoms with E-state index in [1.165, 1.54) is 44.9 Å².